The lowest BCUT2D eigenvalue weighted by Crippen LogP contribution is -2.29. The van der Waals surface area contributed by atoms with Crippen molar-refractivity contribution in [2.45, 2.75) is 26.4 Å². The quantitative estimate of drug-likeness (QED) is 0.548. The standard InChI is InChI=1S/C24H19NO5/c1-13-9-18-19(10-14(13)2)30-23-20(22(18)27)21(15-5-3-6-16(26)11-15)25(24(23)28)12-17-7-4-8-29-17/h3-11,21,26H,12H2,1-2H3/t21-/m0/s1. The van der Waals surface area contributed by atoms with Crippen molar-refractivity contribution in [3.63, 3.8) is 0 Å². The van der Waals surface area contributed by atoms with Crippen LogP contribution in [0.15, 0.2) is 68.4 Å². The Morgan fingerprint density at radius 2 is 1.83 bits per heavy atom. The van der Waals surface area contributed by atoms with Crippen LogP contribution in [0.4, 0.5) is 0 Å². The van der Waals surface area contributed by atoms with E-state index >= 15 is 0 Å². The van der Waals surface area contributed by atoms with Crippen molar-refractivity contribution in [1.82, 2.24) is 4.90 Å². The monoisotopic (exact) mass is 401 g/mol. The molecular formula is C24H19NO5. The number of nitrogens with zero attached hydrogens (tertiary/aromatic N) is 1. The minimum atomic E-state index is -0.688. The van der Waals surface area contributed by atoms with Crippen molar-refractivity contribution in [2.75, 3.05) is 0 Å². The van der Waals surface area contributed by atoms with E-state index in [0.29, 0.717) is 22.3 Å². The Morgan fingerprint density at radius 3 is 2.57 bits per heavy atom. The van der Waals surface area contributed by atoms with Crippen LogP contribution in [-0.4, -0.2) is 15.9 Å². The van der Waals surface area contributed by atoms with E-state index < -0.39 is 6.04 Å². The molecule has 0 unspecified atom stereocenters. The molecular weight excluding hydrogens is 382 g/mol. The zero-order chi connectivity index (χ0) is 21.0. The highest BCUT2D eigenvalue weighted by molar-refractivity contribution is 5.99. The third-order valence-electron chi connectivity index (χ3n) is 5.67. The number of rotatable bonds is 3. The van der Waals surface area contributed by atoms with Crippen LogP contribution in [0.3, 0.4) is 0 Å². The summed E-state index contributed by atoms with van der Waals surface area (Å²) in [5.41, 5.74) is 3.02. The molecule has 1 amide bonds. The lowest BCUT2D eigenvalue weighted by atomic mass is 9.97. The van der Waals surface area contributed by atoms with E-state index in [1.54, 1.807) is 53.4 Å². The van der Waals surface area contributed by atoms with Crippen molar-refractivity contribution in [3.05, 3.63) is 98.8 Å². The number of phenolic OH excluding ortho intramolecular Hbond substituents is 1. The summed E-state index contributed by atoms with van der Waals surface area (Å²) in [6.45, 7) is 4.04. The van der Waals surface area contributed by atoms with E-state index in [4.69, 9.17) is 8.83 Å². The van der Waals surface area contributed by atoms with Gasteiger partial charge in [-0.2, -0.15) is 0 Å². The van der Waals surface area contributed by atoms with Gasteiger partial charge in [0.1, 0.15) is 17.1 Å². The number of aromatic hydroxyl groups is 1. The minimum absolute atomic E-state index is 0.0376. The number of carbonyl (C=O) groups excluding carboxylic acids is 1. The zero-order valence-corrected chi connectivity index (χ0v) is 16.5. The summed E-state index contributed by atoms with van der Waals surface area (Å²) >= 11 is 0. The number of hydrogen-bond donors (Lipinski definition) is 1. The first-order valence-electron chi connectivity index (χ1n) is 9.64. The predicted octanol–water partition coefficient (Wildman–Crippen LogP) is 4.45. The largest absolute Gasteiger partial charge is 0.508 e. The van der Waals surface area contributed by atoms with E-state index in [2.05, 4.69) is 0 Å². The molecule has 0 bridgehead atoms. The van der Waals surface area contributed by atoms with Crippen LogP contribution in [0, 0.1) is 13.8 Å². The molecule has 2 aromatic carbocycles. The number of furan rings is 1. The molecule has 4 aromatic rings. The van der Waals surface area contributed by atoms with Gasteiger partial charge in [-0.05, 0) is 66.9 Å². The molecule has 0 saturated carbocycles. The number of fused-ring (bicyclic) bond motifs is 2. The second-order valence-corrected chi connectivity index (χ2v) is 7.62. The average molecular weight is 401 g/mol. The Kier molecular flexibility index (Phi) is 4.03. The fraction of sp³-hybridized carbons (Fsp3) is 0.167. The Balaban J connectivity index is 1.77. The van der Waals surface area contributed by atoms with Gasteiger partial charge in [0.15, 0.2) is 5.43 Å². The van der Waals surface area contributed by atoms with Gasteiger partial charge < -0.3 is 18.8 Å². The van der Waals surface area contributed by atoms with E-state index in [9.17, 15) is 14.7 Å². The molecule has 6 heteroatoms. The summed E-state index contributed by atoms with van der Waals surface area (Å²) in [5, 5.41) is 10.5. The van der Waals surface area contributed by atoms with Crippen LogP contribution in [0.2, 0.25) is 0 Å². The number of aryl methyl sites for hydroxylation is 2. The van der Waals surface area contributed by atoms with Crippen LogP contribution in [0.1, 0.15) is 44.6 Å². The smallest absolute Gasteiger partial charge is 0.291 e. The molecule has 0 aliphatic carbocycles. The van der Waals surface area contributed by atoms with E-state index in [1.165, 1.54) is 6.26 Å². The maximum Gasteiger partial charge on any atom is 0.291 e. The average Bonchev–Trinajstić information content (AvgIpc) is 3.32. The van der Waals surface area contributed by atoms with E-state index in [-0.39, 0.29) is 35.0 Å². The topological polar surface area (TPSA) is 83.9 Å². The molecule has 1 atom stereocenters. The van der Waals surface area contributed by atoms with Gasteiger partial charge in [-0.1, -0.05) is 12.1 Å². The van der Waals surface area contributed by atoms with Crippen molar-refractivity contribution in [2.24, 2.45) is 0 Å². The SMILES string of the molecule is Cc1cc2oc3c(c(=O)c2cc1C)[C@H](c1cccc(O)c1)N(Cc1ccco1)C3=O. The van der Waals surface area contributed by atoms with Gasteiger partial charge in [0.2, 0.25) is 5.76 Å². The first-order chi connectivity index (χ1) is 14.4. The van der Waals surface area contributed by atoms with Crippen LogP contribution in [0.25, 0.3) is 11.0 Å². The van der Waals surface area contributed by atoms with Gasteiger partial charge in [0.25, 0.3) is 5.91 Å². The molecule has 3 heterocycles. The molecule has 0 spiro atoms. The van der Waals surface area contributed by atoms with Crippen LogP contribution >= 0.6 is 0 Å². The molecule has 1 N–H and O–H groups in total. The van der Waals surface area contributed by atoms with Crippen LogP contribution in [0.5, 0.6) is 5.75 Å². The lowest BCUT2D eigenvalue weighted by Gasteiger charge is -2.24. The Labute approximate surface area is 172 Å². The highest BCUT2D eigenvalue weighted by Crippen LogP contribution is 2.40. The van der Waals surface area contributed by atoms with Gasteiger partial charge in [-0.3, -0.25) is 9.59 Å². The van der Waals surface area contributed by atoms with Crippen molar-refractivity contribution < 1.29 is 18.7 Å². The van der Waals surface area contributed by atoms with Crippen molar-refractivity contribution in [3.8, 4) is 5.75 Å². The third-order valence-corrected chi connectivity index (χ3v) is 5.67. The predicted molar refractivity (Wildman–Crippen MR) is 110 cm³/mol. The molecule has 6 nitrogen and oxygen atoms in total. The molecule has 1 aliphatic heterocycles. The molecule has 0 saturated heterocycles. The number of amides is 1. The normalized spacial score (nSPS) is 15.7. The fourth-order valence-corrected chi connectivity index (χ4v) is 4.05. The van der Waals surface area contributed by atoms with Gasteiger partial charge in [0.05, 0.1) is 29.8 Å². The molecule has 2 aromatic heterocycles. The molecule has 0 radical (unpaired) electrons. The van der Waals surface area contributed by atoms with Gasteiger partial charge in [0, 0.05) is 0 Å². The molecule has 0 fully saturated rings. The van der Waals surface area contributed by atoms with Gasteiger partial charge in [-0.25, -0.2) is 0 Å². The Morgan fingerprint density at radius 1 is 1.03 bits per heavy atom. The molecule has 1 aliphatic rings. The number of carbonyl (C=O) groups is 1. The first kappa shape index (κ1) is 18.2. The Hall–Kier alpha value is -3.80. The van der Waals surface area contributed by atoms with Crippen LogP contribution in [-0.2, 0) is 6.54 Å². The molecule has 30 heavy (non-hydrogen) atoms. The highest BCUT2D eigenvalue weighted by Gasteiger charge is 2.43. The third kappa shape index (κ3) is 2.72. The summed E-state index contributed by atoms with van der Waals surface area (Å²) in [7, 11) is 0. The number of hydrogen-bond acceptors (Lipinski definition) is 5. The second kappa shape index (κ2) is 6.62. The fourth-order valence-electron chi connectivity index (χ4n) is 4.05. The second-order valence-electron chi connectivity index (χ2n) is 7.62. The first-order valence-corrected chi connectivity index (χ1v) is 9.64. The van der Waals surface area contributed by atoms with Crippen molar-refractivity contribution >= 4 is 16.9 Å². The van der Waals surface area contributed by atoms with E-state index in [0.717, 1.165) is 11.1 Å². The molecule has 5 rings (SSSR count). The van der Waals surface area contributed by atoms with Gasteiger partial charge >= 0.3 is 0 Å². The summed E-state index contributed by atoms with van der Waals surface area (Å²) in [5.74, 6) is 0.301. The zero-order valence-electron chi connectivity index (χ0n) is 16.5. The van der Waals surface area contributed by atoms with Crippen LogP contribution < -0.4 is 5.43 Å². The van der Waals surface area contributed by atoms with Gasteiger partial charge in [-0.15, -0.1) is 0 Å². The summed E-state index contributed by atoms with van der Waals surface area (Å²) in [6, 6.07) is 13.0. The summed E-state index contributed by atoms with van der Waals surface area (Å²) < 4.78 is 11.4. The number of phenols is 1. The van der Waals surface area contributed by atoms with Crippen molar-refractivity contribution in [1.29, 1.82) is 0 Å². The summed E-state index contributed by atoms with van der Waals surface area (Å²) in [6.07, 6.45) is 1.54. The maximum absolute atomic E-state index is 13.5. The Bertz CT molecular complexity index is 1350. The number of benzene rings is 2. The summed E-state index contributed by atoms with van der Waals surface area (Å²) in [4.78, 5) is 28.4. The molecule has 150 valence electrons. The maximum atomic E-state index is 13.5. The van der Waals surface area contributed by atoms with E-state index in [1.807, 2.05) is 13.8 Å². The lowest BCUT2D eigenvalue weighted by molar-refractivity contribution is 0.0701. The highest BCUT2D eigenvalue weighted by atomic mass is 16.4. The minimum Gasteiger partial charge on any atom is -0.508 e.